The molecular weight excluding hydrogens is 450 g/mol. The lowest BCUT2D eigenvalue weighted by atomic mass is 10.2. The van der Waals surface area contributed by atoms with E-state index in [4.69, 9.17) is 16.0 Å². The van der Waals surface area contributed by atoms with Gasteiger partial charge in [-0.05, 0) is 36.4 Å². The van der Waals surface area contributed by atoms with Gasteiger partial charge in [0.15, 0.2) is 16.6 Å². The molecule has 0 saturated carbocycles. The number of thioether (sulfide) groups is 1. The number of aromatic nitrogens is 6. The second-order valence-corrected chi connectivity index (χ2v) is 8.19. The topological polar surface area (TPSA) is 118 Å². The van der Waals surface area contributed by atoms with Crippen molar-refractivity contribution in [2.45, 2.75) is 17.5 Å². The molecule has 158 valence electrons. The smallest absolute Gasteiger partial charge is 0.272 e. The van der Waals surface area contributed by atoms with Gasteiger partial charge in [-0.15, -0.1) is 10.2 Å². The highest BCUT2D eigenvalue weighted by atomic mass is 35.5. The van der Waals surface area contributed by atoms with Crippen molar-refractivity contribution in [2.24, 2.45) is 0 Å². The van der Waals surface area contributed by atoms with Gasteiger partial charge in [-0.25, -0.2) is 9.50 Å². The Morgan fingerprint density at radius 3 is 2.81 bits per heavy atom. The second-order valence-electron chi connectivity index (χ2n) is 6.81. The fourth-order valence-corrected chi connectivity index (χ4v) is 4.19. The van der Waals surface area contributed by atoms with Crippen LogP contribution in [-0.4, -0.2) is 29.4 Å². The first kappa shape index (κ1) is 20.1. The van der Waals surface area contributed by atoms with Crippen LogP contribution in [0.4, 0.5) is 0 Å². The van der Waals surface area contributed by atoms with Gasteiger partial charge >= 0.3 is 0 Å². The first-order valence-corrected chi connectivity index (χ1v) is 10.8. The second kappa shape index (κ2) is 8.37. The van der Waals surface area contributed by atoms with Gasteiger partial charge in [-0.3, -0.25) is 14.5 Å². The number of hydrogen-bond acceptors (Lipinski definition) is 7. The number of hydrogen-bond donors (Lipinski definition) is 1. The minimum absolute atomic E-state index is 0.286. The van der Waals surface area contributed by atoms with E-state index in [2.05, 4.69) is 20.3 Å². The number of halogens is 1. The van der Waals surface area contributed by atoms with Crippen molar-refractivity contribution in [2.75, 3.05) is 0 Å². The van der Waals surface area contributed by atoms with Crippen molar-refractivity contribution in [3.8, 4) is 17.5 Å². The van der Waals surface area contributed by atoms with Crippen LogP contribution in [0.1, 0.15) is 17.0 Å². The molecule has 0 spiro atoms. The number of benzene rings is 1. The van der Waals surface area contributed by atoms with Crippen molar-refractivity contribution in [1.29, 1.82) is 5.26 Å². The molecular formula is C21H14ClN7O2S. The van der Waals surface area contributed by atoms with Gasteiger partial charge in [0.2, 0.25) is 0 Å². The molecule has 0 radical (unpaired) electrons. The van der Waals surface area contributed by atoms with Gasteiger partial charge in [-0.2, -0.15) is 5.26 Å². The summed E-state index contributed by atoms with van der Waals surface area (Å²) in [6.07, 6.45) is 3.07. The van der Waals surface area contributed by atoms with Crippen LogP contribution in [0.5, 0.6) is 0 Å². The minimum Gasteiger partial charge on any atom is -0.467 e. The van der Waals surface area contributed by atoms with Crippen molar-refractivity contribution in [1.82, 2.24) is 29.4 Å². The van der Waals surface area contributed by atoms with Gasteiger partial charge in [0.1, 0.15) is 17.4 Å². The quantitative estimate of drug-likeness (QED) is 0.381. The van der Waals surface area contributed by atoms with E-state index >= 15 is 0 Å². The van der Waals surface area contributed by atoms with Crippen LogP contribution in [0.25, 0.3) is 17.0 Å². The van der Waals surface area contributed by atoms with Gasteiger partial charge < -0.3 is 4.42 Å². The minimum atomic E-state index is -0.286. The molecule has 32 heavy (non-hydrogen) atoms. The lowest BCUT2D eigenvalue weighted by Crippen LogP contribution is -2.15. The van der Waals surface area contributed by atoms with E-state index in [0.717, 1.165) is 11.3 Å². The standard InChI is InChI=1S/C21H14ClN7O2S/c22-15-5-3-13(4-6-15)20-26-27-21(28(20)11-17-2-1-7-31-17)32-12-16-8-18(30)29-19(25-16)14(9-23)10-24-29/h1-8,10,24H,11-12H2. The normalized spacial score (nSPS) is 11.1. The summed E-state index contributed by atoms with van der Waals surface area (Å²) < 4.78 is 8.70. The van der Waals surface area contributed by atoms with Gasteiger partial charge in [0.05, 0.1) is 18.5 Å². The van der Waals surface area contributed by atoms with Crippen molar-refractivity contribution < 1.29 is 4.42 Å². The van der Waals surface area contributed by atoms with Crippen LogP contribution < -0.4 is 5.56 Å². The monoisotopic (exact) mass is 463 g/mol. The molecule has 0 saturated heterocycles. The number of fused-ring (bicyclic) bond motifs is 1. The third kappa shape index (κ3) is 3.79. The molecule has 4 heterocycles. The van der Waals surface area contributed by atoms with Gasteiger partial charge in [0, 0.05) is 28.6 Å². The van der Waals surface area contributed by atoms with Crippen LogP contribution in [0.2, 0.25) is 5.02 Å². The summed E-state index contributed by atoms with van der Waals surface area (Å²) in [6, 6.07) is 14.5. The highest BCUT2D eigenvalue weighted by Crippen LogP contribution is 2.28. The maximum atomic E-state index is 12.4. The average molecular weight is 464 g/mol. The largest absolute Gasteiger partial charge is 0.467 e. The summed E-state index contributed by atoms with van der Waals surface area (Å²) in [4.78, 5) is 16.8. The molecule has 0 aliphatic carbocycles. The summed E-state index contributed by atoms with van der Waals surface area (Å²) in [5, 5.41) is 22.0. The lowest BCUT2D eigenvalue weighted by Gasteiger charge is -2.09. The van der Waals surface area contributed by atoms with Crippen molar-refractivity contribution in [3.05, 3.63) is 87.3 Å². The third-order valence-electron chi connectivity index (χ3n) is 4.73. The summed E-state index contributed by atoms with van der Waals surface area (Å²) in [5.41, 5.74) is 1.72. The van der Waals surface area contributed by atoms with E-state index < -0.39 is 0 Å². The van der Waals surface area contributed by atoms with Crippen molar-refractivity contribution in [3.63, 3.8) is 0 Å². The Morgan fingerprint density at radius 2 is 2.06 bits per heavy atom. The summed E-state index contributed by atoms with van der Waals surface area (Å²) in [5.74, 6) is 1.80. The van der Waals surface area contributed by atoms with E-state index in [1.807, 2.05) is 34.9 Å². The number of nitriles is 1. The van der Waals surface area contributed by atoms with Crippen LogP contribution in [-0.2, 0) is 12.3 Å². The Balaban J connectivity index is 1.48. The highest BCUT2D eigenvalue weighted by molar-refractivity contribution is 7.98. The maximum absolute atomic E-state index is 12.4. The number of rotatable bonds is 6. The molecule has 0 aliphatic rings. The summed E-state index contributed by atoms with van der Waals surface area (Å²) in [7, 11) is 0. The SMILES string of the molecule is N#Cc1c[nH]n2c(=O)cc(CSc3nnc(-c4ccc(Cl)cc4)n3Cc3ccco3)nc12. The Hall–Kier alpha value is -3.81. The Labute approximate surface area is 190 Å². The fourth-order valence-electron chi connectivity index (χ4n) is 3.23. The van der Waals surface area contributed by atoms with Crippen LogP contribution in [0, 0.1) is 11.3 Å². The first-order valence-electron chi connectivity index (χ1n) is 9.47. The third-order valence-corrected chi connectivity index (χ3v) is 5.99. The molecule has 0 aliphatic heterocycles. The molecule has 0 amide bonds. The molecule has 0 fully saturated rings. The predicted molar refractivity (Wildman–Crippen MR) is 118 cm³/mol. The molecule has 5 rings (SSSR count). The molecule has 0 bridgehead atoms. The molecule has 0 unspecified atom stereocenters. The zero-order valence-electron chi connectivity index (χ0n) is 16.4. The van der Waals surface area contributed by atoms with Crippen molar-refractivity contribution >= 4 is 29.0 Å². The summed E-state index contributed by atoms with van der Waals surface area (Å²) in [6.45, 7) is 0.436. The molecule has 11 heteroatoms. The first-order chi connectivity index (χ1) is 15.6. The Kier molecular flexibility index (Phi) is 5.26. The Bertz CT molecular complexity index is 1490. The molecule has 4 aromatic heterocycles. The lowest BCUT2D eigenvalue weighted by molar-refractivity contribution is 0.485. The molecule has 1 N–H and O–H groups in total. The number of nitrogens with zero attached hydrogens (tertiary/aromatic N) is 6. The van der Waals surface area contributed by atoms with E-state index in [1.165, 1.54) is 28.5 Å². The van der Waals surface area contributed by atoms with E-state index in [1.54, 1.807) is 18.4 Å². The maximum Gasteiger partial charge on any atom is 0.272 e. The van der Waals surface area contributed by atoms with Crippen LogP contribution in [0.15, 0.2) is 69.3 Å². The Morgan fingerprint density at radius 1 is 1.22 bits per heavy atom. The fraction of sp³-hybridized carbons (Fsp3) is 0.0952. The number of nitrogens with one attached hydrogen (secondary N) is 1. The molecule has 9 nitrogen and oxygen atoms in total. The summed E-state index contributed by atoms with van der Waals surface area (Å²) >= 11 is 7.42. The zero-order chi connectivity index (χ0) is 22.1. The van der Waals surface area contributed by atoms with Gasteiger partial charge in [-0.1, -0.05) is 23.4 Å². The number of furan rings is 1. The van der Waals surface area contributed by atoms with Crippen LogP contribution >= 0.6 is 23.4 Å². The van der Waals surface area contributed by atoms with E-state index in [-0.39, 0.29) is 5.56 Å². The average Bonchev–Trinajstić information content (AvgIpc) is 3.54. The van der Waals surface area contributed by atoms with Crippen LogP contribution in [0.3, 0.4) is 0 Å². The number of H-pyrrole nitrogens is 1. The molecule has 1 aromatic carbocycles. The highest BCUT2D eigenvalue weighted by Gasteiger charge is 2.17. The zero-order valence-corrected chi connectivity index (χ0v) is 18.0. The van der Waals surface area contributed by atoms with E-state index in [9.17, 15) is 10.1 Å². The van der Waals surface area contributed by atoms with E-state index in [0.29, 0.717) is 45.2 Å². The van der Waals surface area contributed by atoms with Gasteiger partial charge in [0.25, 0.3) is 5.56 Å². The molecule has 0 atom stereocenters. The predicted octanol–water partition coefficient (Wildman–Crippen LogP) is 3.74. The molecule has 5 aromatic rings. The number of aromatic amines is 1.